The molecule has 0 unspecified atom stereocenters. The van der Waals surface area contributed by atoms with Crippen LogP contribution in [0.5, 0.6) is 0 Å². The van der Waals surface area contributed by atoms with E-state index in [2.05, 4.69) is 15.9 Å². The highest BCUT2D eigenvalue weighted by Gasteiger charge is 2.11. The molecule has 1 aromatic rings. The molecule has 0 bridgehead atoms. The van der Waals surface area contributed by atoms with Crippen LogP contribution in [0.3, 0.4) is 0 Å². The van der Waals surface area contributed by atoms with Crippen molar-refractivity contribution in [2.75, 3.05) is 0 Å². The molecule has 0 saturated carbocycles. The molecule has 0 N–H and O–H groups in total. The van der Waals surface area contributed by atoms with Crippen molar-refractivity contribution in [3.8, 4) is 6.07 Å². The highest BCUT2D eigenvalue weighted by molar-refractivity contribution is 9.10. The lowest BCUT2D eigenvalue weighted by molar-refractivity contribution is 0.101. The monoisotopic (exact) mass is 241 g/mol. The van der Waals surface area contributed by atoms with Crippen LogP contribution in [0.15, 0.2) is 16.6 Å². The SMILES string of the molecule is CC(=O)c1cc(C#N)cc(F)c1Br. The Morgan fingerprint density at radius 1 is 1.62 bits per heavy atom. The summed E-state index contributed by atoms with van der Waals surface area (Å²) in [6.45, 7) is 1.32. The molecule has 1 rings (SSSR count). The Morgan fingerprint density at radius 3 is 2.69 bits per heavy atom. The maximum absolute atomic E-state index is 13.0. The van der Waals surface area contributed by atoms with E-state index in [0.717, 1.165) is 6.07 Å². The largest absolute Gasteiger partial charge is 0.294 e. The Kier molecular flexibility index (Phi) is 2.79. The molecule has 0 atom stereocenters. The van der Waals surface area contributed by atoms with E-state index in [9.17, 15) is 9.18 Å². The van der Waals surface area contributed by atoms with Crippen molar-refractivity contribution in [1.82, 2.24) is 0 Å². The van der Waals surface area contributed by atoms with Gasteiger partial charge in [0, 0.05) is 5.56 Å². The number of nitrogens with zero attached hydrogens (tertiary/aromatic N) is 1. The van der Waals surface area contributed by atoms with Gasteiger partial charge >= 0.3 is 0 Å². The lowest BCUT2D eigenvalue weighted by Gasteiger charge is -2.01. The number of hydrogen-bond donors (Lipinski definition) is 0. The summed E-state index contributed by atoms with van der Waals surface area (Å²) in [5.41, 5.74) is 0.336. The quantitative estimate of drug-likeness (QED) is 0.710. The fourth-order valence-corrected chi connectivity index (χ4v) is 1.42. The Labute approximate surface area is 83.1 Å². The number of ketones is 1. The summed E-state index contributed by atoms with van der Waals surface area (Å²) in [5, 5.41) is 8.52. The Morgan fingerprint density at radius 2 is 2.23 bits per heavy atom. The summed E-state index contributed by atoms with van der Waals surface area (Å²) in [4.78, 5) is 11.0. The summed E-state index contributed by atoms with van der Waals surface area (Å²) >= 11 is 2.94. The van der Waals surface area contributed by atoms with Crippen molar-refractivity contribution in [2.45, 2.75) is 6.92 Å². The second kappa shape index (κ2) is 3.67. The number of carbonyl (C=O) groups is 1. The van der Waals surface area contributed by atoms with Gasteiger partial charge in [-0.2, -0.15) is 5.26 Å². The van der Waals surface area contributed by atoms with Crippen LogP contribution >= 0.6 is 15.9 Å². The van der Waals surface area contributed by atoms with Crippen LogP contribution in [-0.2, 0) is 0 Å². The van der Waals surface area contributed by atoms with Gasteiger partial charge in [0.1, 0.15) is 5.82 Å². The maximum Gasteiger partial charge on any atom is 0.161 e. The van der Waals surface area contributed by atoms with Crippen LogP contribution in [-0.4, -0.2) is 5.78 Å². The van der Waals surface area contributed by atoms with E-state index in [-0.39, 0.29) is 21.4 Å². The number of halogens is 2. The summed E-state index contributed by atoms with van der Waals surface area (Å²) in [6.07, 6.45) is 0. The third-order valence-corrected chi connectivity index (χ3v) is 2.34. The number of nitriles is 1. The van der Waals surface area contributed by atoms with Crippen molar-refractivity contribution in [1.29, 1.82) is 5.26 Å². The summed E-state index contributed by atoms with van der Waals surface area (Å²) in [6, 6.07) is 4.21. The van der Waals surface area contributed by atoms with E-state index in [4.69, 9.17) is 5.26 Å². The summed E-state index contributed by atoms with van der Waals surface area (Å²) in [7, 11) is 0. The summed E-state index contributed by atoms with van der Waals surface area (Å²) in [5.74, 6) is -0.868. The lowest BCUT2D eigenvalue weighted by Crippen LogP contribution is -1.97. The van der Waals surface area contributed by atoms with Gasteiger partial charge in [0.15, 0.2) is 5.78 Å². The van der Waals surface area contributed by atoms with Crippen LogP contribution in [0, 0.1) is 17.1 Å². The molecule has 0 spiro atoms. The standard InChI is InChI=1S/C9H5BrFNO/c1-5(13)7-2-6(4-12)3-8(11)9(7)10/h2-3H,1H3. The van der Waals surface area contributed by atoms with Crippen LogP contribution in [0.2, 0.25) is 0 Å². The highest BCUT2D eigenvalue weighted by Crippen LogP contribution is 2.22. The fraction of sp³-hybridized carbons (Fsp3) is 0.111. The minimum Gasteiger partial charge on any atom is -0.294 e. The average molecular weight is 242 g/mol. The molecule has 0 radical (unpaired) electrons. The third-order valence-electron chi connectivity index (χ3n) is 1.54. The predicted molar refractivity (Wildman–Crippen MR) is 48.8 cm³/mol. The molecule has 0 amide bonds. The molecule has 66 valence electrons. The zero-order valence-corrected chi connectivity index (χ0v) is 8.35. The Balaban J connectivity index is 3.44. The topological polar surface area (TPSA) is 40.9 Å². The number of benzene rings is 1. The van der Waals surface area contributed by atoms with Crippen molar-refractivity contribution < 1.29 is 9.18 Å². The second-order valence-electron chi connectivity index (χ2n) is 2.49. The number of hydrogen-bond acceptors (Lipinski definition) is 2. The van der Waals surface area contributed by atoms with Crippen molar-refractivity contribution in [2.24, 2.45) is 0 Å². The van der Waals surface area contributed by atoms with Gasteiger partial charge in [-0.3, -0.25) is 4.79 Å². The molecule has 0 saturated heterocycles. The number of Topliss-reactive ketones (excluding diaryl/α,β-unsaturated/α-hetero) is 1. The Hall–Kier alpha value is -1.21. The number of rotatable bonds is 1. The van der Waals surface area contributed by atoms with Gasteiger partial charge in [0.25, 0.3) is 0 Å². The van der Waals surface area contributed by atoms with Crippen molar-refractivity contribution in [3.63, 3.8) is 0 Å². The molecule has 0 aliphatic carbocycles. The Bertz CT molecular complexity index is 409. The molecule has 4 heteroatoms. The maximum atomic E-state index is 13.0. The van der Waals surface area contributed by atoms with Gasteiger partial charge < -0.3 is 0 Å². The van der Waals surface area contributed by atoms with Crippen LogP contribution in [0.1, 0.15) is 22.8 Å². The zero-order chi connectivity index (χ0) is 10.0. The number of carbonyl (C=O) groups excluding carboxylic acids is 1. The van der Waals surface area contributed by atoms with Gasteiger partial charge in [0.05, 0.1) is 16.1 Å². The van der Waals surface area contributed by atoms with Gasteiger partial charge in [-0.25, -0.2) is 4.39 Å². The second-order valence-corrected chi connectivity index (χ2v) is 3.28. The van der Waals surface area contributed by atoms with Gasteiger partial charge in [-0.1, -0.05) is 0 Å². The molecule has 0 aromatic heterocycles. The molecule has 0 fully saturated rings. The summed E-state index contributed by atoms with van der Waals surface area (Å²) < 4.78 is 13.1. The molecular formula is C9H5BrFNO. The normalized spacial score (nSPS) is 9.38. The molecule has 2 nitrogen and oxygen atoms in total. The molecule has 1 aromatic carbocycles. The lowest BCUT2D eigenvalue weighted by atomic mass is 10.1. The first-order valence-electron chi connectivity index (χ1n) is 3.46. The zero-order valence-electron chi connectivity index (χ0n) is 6.77. The first-order valence-corrected chi connectivity index (χ1v) is 4.25. The smallest absolute Gasteiger partial charge is 0.161 e. The van der Waals surface area contributed by atoms with Crippen LogP contribution in [0.4, 0.5) is 4.39 Å². The minimum absolute atomic E-state index is 0.110. The van der Waals surface area contributed by atoms with E-state index in [1.807, 2.05) is 0 Å². The first-order chi connectivity index (χ1) is 6.06. The average Bonchev–Trinajstić information content (AvgIpc) is 2.09. The minimum atomic E-state index is -0.593. The van der Waals surface area contributed by atoms with E-state index in [1.54, 1.807) is 6.07 Å². The van der Waals surface area contributed by atoms with Gasteiger partial charge in [-0.05, 0) is 35.0 Å². The van der Waals surface area contributed by atoms with Crippen LogP contribution < -0.4 is 0 Å². The fourth-order valence-electron chi connectivity index (χ4n) is 0.910. The highest BCUT2D eigenvalue weighted by atomic mass is 79.9. The van der Waals surface area contributed by atoms with E-state index in [0.29, 0.717) is 0 Å². The molecular weight excluding hydrogens is 237 g/mol. The van der Waals surface area contributed by atoms with Crippen molar-refractivity contribution in [3.05, 3.63) is 33.5 Å². The molecule has 0 aliphatic heterocycles. The molecule has 13 heavy (non-hydrogen) atoms. The van der Waals surface area contributed by atoms with E-state index >= 15 is 0 Å². The van der Waals surface area contributed by atoms with E-state index in [1.165, 1.54) is 13.0 Å². The first kappa shape index (κ1) is 9.87. The molecule has 0 heterocycles. The predicted octanol–water partition coefficient (Wildman–Crippen LogP) is 2.66. The molecule has 0 aliphatic rings. The van der Waals surface area contributed by atoms with Gasteiger partial charge in [0.2, 0.25) is 0 Å². The van der Waals surface area contributed by atoms with Crippen molar-refractivity contribution >= 4 is 21.7 Å². The van der Waals surface area contributed by atoms with Gasteiger partial charge in [-0.15, -0.1) is 0 Å². The van der Waals surface area contributed by atoms with E-state index < -0.39 is 5.82 Å². The third kappa shape index (κ3) is 1.93. The van der Waals surface area contributed by atoms with Crippen LogP contribution in [0.25, 0.3) is 0 Å².